The van der Waals surface area contributed by atoms with E-state index < -0.39 is 20.9 Å². The molecule has 0 aromatic carbocycles. The smallest absolute Gasteiger partial charge is 0.218 e. The van der Waals surface area contributed by atoms with E-state index >= 15 is 0 Å². The van der Waals surface area contributed by atoms with Gasteiger partial charge in [-0.1, -0.05) is 6.92 Å². The van der Waals surface area contributed by atoms with Crippen molar-refractivity contribution in [2.24, 2.45) is 0 Å². The van der Waals surface area contributed by atoms with Crippen LogP contribution in [-0.4, -0.2) is 55.9 Å². The summed E-state index contributed by atoms with van der Waals surface area (Å²) in [5.74, 6) is 0. The van der Waals surface area contributed by atoms with Gasteiger partial charge in [0.15, 0.2) is 0 Å². The van der Waals surface area contributed by atoms with Crippen molar-refractivity contribution < 1.29 is 13.2 Å². The molecule has 1 aliphatic rings. The summed E-state index contributed by atoms with van der Waals surface area (Å²) in [6, 6.07) is 0. The first-order chi connectivity index (χ1) is 8.69. The zero-order valence-electron chi connectivity index (χ0n) is 12.8. The fourth-order valence-corrected chi connectivity index (χ4v) is 4.18. The lowest BCUT2D eigenvalue weighted by molar-refractivity contribution is -0.109. The fourth-order valence-electron chi connectivity index (χ4n) is 2.43. The van der Waals surface area contributed by atoms with E-state index in [1.54, 1.807) is 11.2 Å². The van der Waals surface area contributed by atoms with Crippen LogP contribution in [0.3, 0.4) is 0 Å². The molecule has 1 aliphatic heterocycles. The van der Waals surface area contributed by atoms with Crippen molar-refractivity contribution in [1.82, 2.24) is 9.62 Å². The normalized spacial score (nSPS) is 26.3. The van der Waals surface area contributed by atoms with Crippen LogP contribution >= 0.6 is 0 Å². The molecule has 19 heavy (non-hydrogen) atoms. The van der Waals surface area contributed by atoms with Crippen LogP contribution in [-0.2, 0) is 14.8 Å². The van der Waals surface area contributed by atoms with Gasteiger partial charge in [-0.05, 0) is 40.7 Å². The van der Waals surface area contributed by atoms with E-state index in [0.717, 1.165) is 13.0 Å². The predicted octanol–water partition coefficient (Wildman–Crippen LogP) is 1.20. The Hall–Kier alpha value is -0.170. The molecule has 5 nitrogen and oxygen atoms in total. The van der Waals surface area contributed by atoms with Crippen molar-refractivity contribution in [1.29, 1.82) is 0 Å². The van der Waals surface area contributed by atoms with Gasteiger partial charge in [0.25, 0.3) is 0 Å². The lowest BCUT2D eigenvalue weighted by atomic mass is 10.1. The van der Waals surface area contributed by atoms with Gasteiger partial charge in [-0.2, -0.15) is 4.31 Å². The van der Waals surface area contributed by atoms with Crippen molar-refractivity contribution in [3.8, 4) is 0 Å². The summed E-state index contributed by atoms with van der Waals surface area (Å²) in [5, 5.41) is 2.77. The maximum absolute atomic E-state index is 12.5. The van der Waals surface area contributed by atoms with Crippen LogP contribution in [0.4, 0.5) is 0 Å². The molecule has 0 saturated carbocycles. The lowest BCUT2D eigenvalue weighted by Crippen LogP contribution is -2.56. The molecule has 0 aromatic heterocycles. The molecule has 6 heteroatoms. The molecule has 1 heterocycles. The number of nitrogens with zero attached hydrogens (tertiary/aromatic N) is 1. The highest BCUT2D eigenvalue weighted by Gasteiger charge is 2.39. The van der Waals surface area contributed by atoms with E-state index in [-0.39, 0.29) is 6.10 Å². The van der Waals surface area contributed by atoms with Crippen LogP contribution in [0, 0.1) is 0 Å². The Balaban J connectivity index is 2.70. The van der Waals surface area contributed by atoms with Crippen LogP contribution < -0.4 is 5.32 Å². The number of sulfonamides is 1. The molecule has 0 aromatic rings. The molecule has 1 saturated heterocycles. The zero-order chi connectivity index (χ0) is 14.7. The molecule has 1 N–H and O–H groups in total. The quantitative estimate of drug-likeness (QED) is 0.748. The molecule has 0 bridgehead atoms. The monoisotopic (exact) mass is 292 g/mol. The van der Waals surface area contributed by atoms with E-state index in [1.165, 1.54) is 0 Å². The van der Waals surface area contributed by atoms with Crippen molar-refractivity contribution >= 4 is 10.0 Å². The zero-order valence-corrected chi connectivity index (χ0v) is 13.6. The van der Waals surface area contributed by atoms with Crippen molar-refractivity contribution in [2.75, 3.05) is 26.2 Å². The van der Waals surface area contributed by atoms with Gasteiger partial charge >= 0.3 is 0 Å². The van der Waals surface area contributed by atoms with Crippen LogP contribution in [0.15, 0.2) is 0 Å². The van der Waals surface area contributed by atoms with Crippen LogP contribution in [0.2, 0.25) is 0 Å². The van der Waals surface area contributed by atoms with E-state index in [0.29, 0.717) is 19.6 Å². The first kappa shape index (κ1) is 16.9. The number of nitrogens with one attached hydrogen (secondary N) is 1. The minimum Gasteiger partial charge on any atom is -0.370 e. The maximum Gasteiger partial charge on any atom is 0.218 e. The fraction of sp³-hybridized carbons (Fsp3) is 1.00. The Labute approximate surface area is 117 Å². The third-order valence-electron chi connectivity index (χ3n) is 3.27. The minimum absolute atomic E-state index is 0.0608. The molecule has 2 atom stereocenters. The van der Waals surface area contributed by atoms with Gasteiger partial charge in [-0.3, -0.25) is 0 Å². The lowest BCUT2D eigenvalue weighted by Gasteiger charge is -2.41. The SMILES string of the molecule is CCCNCC(C)S(=O)(=O)N1CC(C)OC(C)(C)C1. The summed E-state index contributed by atoms with van der Waals surface area (Å²) in [5.41, 5.74) is -0.415. The number of hydrogen-bond donors (Lipinski definition) is 1. The Morgan fingerprint density at radius 3 is 2.63 bits per heavy atom. The van der Waals surface area contributed by atoms with Gasteiger partial charge in [-0.25, -0.2) is 8.42 Å². The van der Waals surface area contributed by atoms with Gasteiger partial charge in [0, 0.05) is 19.6 Å². The largest absolute Gasteiger partial charge is 0.370 e. The predicted molar refractivity (Wildman–Crippen MR) is 77.7 cm³/mol. The average molecular weight is 292 g/mol. The summed E-state index contributed by atoms with van der Waals surface area (Å²) >= 11 is 0. The summed E-state index contributed by atoms with van der Waals surface area (Å²) in [4.78, 5) is 0. The second kappa shape index (κ2) is 6.52. The highest BCUT2D eigenvalue weighted by atomic mass is 32.2. The van der Waals surface area contributed by atoms with E-state index in [4.69, 9.17) is 4.74 Å². The first-order valence-corrected chi connectivity index (χ1v) is 8.57. The summed E-state index contributed by atoms with van der Waals surface area (Å²) in [7, 11) is -3.26. The van der Waals surface area contributed by atoms with E-state index in [1.807, 2.05) is 20.8 Å². The second-order valence-electron chi connectivity index (χ2n) is 6.04. The Morgan fingerprint density at radius 2 is 2.11 bits per heavy atom. The van der Waals surface area contributed by atoms with Crippen LogP contribution in [0.1, 0.15) is 41.0 Å². The van der Waals surface area contributed by atoms with Gasteiger partial charge in [-0.15, -0.1) is 0 Å². The van der Waals surface area contributed by atoms with Gasteiger partial charge in [0.2, 0.25) is 10.0 Å². The van der Waals surface area contributed by atoms with E-state index in [9.17, 15) is 8.42 Å². The van der Waals surface area contributed by atoms with Crippen LogP contribution in [0.5, 0.6) is 0 Å². The molecule has 0 aliphatic carbocycles. The number of hydrogen-bond acceptors (Lipinski definition) is 4. The van der Waals surface area contributed by atoms with E-state index in [2.05, 4.69) is 12.2 Å². The summed E-state index contributed by atoms with van der Waals surface area (Å²) in [6.07, 6.45) is 0.948. The summed E-state index contributed by atoms with van der Waals surface area (Å²) in [6.45, 7) is 11.9. The minimum atomic E-state index is -3.26. The molecule has 0 spiro atoms. The topological polar surface area (TPSA) is 58.6 Å². The third kappa shape index (κ3) is 4.70. The molecular weight excluding hydrogens is 264 g/mol. The summed E-state index contributed by atoms with van der Waals surface area (Å²) < 4.78 is 32.4. The molecule has 114 valence electrons. The molecule has 0 radical (unpaired) electrons. The number of rotatable bonds is 6. The Bertz CT molecular complexity index is 381. The van der Waals surface area contributed by atoms with Crippen LogP contribution in [0.25, 0.3) is 0 Å². The Morgan fingerprint density at radius 1 is 1.47 bits per heavy atom. The molecule has 1 rings (SSSR count). The molecule has 0 amide bonds. The third-order valence-corrected chi connectivity index (χ3v) is 5.45. The highest BCUT2D eigenvalue weighted by Crippen LogP contribution is 2.24. The van der Waals surface area contributed by atoms with Gasteiger partial charge in [0.1, 0.15) is 0 Å². The maximum atomic E-state index is 12.5. The Kier molecular flexibility index (Phi) is 5.79. The van der Waals surface area contributed by atoms with Crippen molar-refractivity contribution in [3.63, 3.8) is 0 Å². The second-order valence-corrected chi connectivity index (χ2v) is 8.39. The van der Waals surface area contributed by atoms with Gasteiger partial charge in [0.05, 0.1) is 17.0 Å². The molecule has 2 unspecified atom stereocenters. The first-order valence-electron chi connectivity index (χ1n) is 7.06. The average Bonchev–Trinajstić information content (AvgIpc) is 2.26. The highest BCUT2D eigenvalue weighted by molar-refractivity contribution is 7.89. The molecule has 1 fully saturated rings. The van der Waals surface area contributed by atoms with Gasteiger partial charge < -0.3 is 10.1 Å². The number of morpholine rings is 1. The van der Waals surface area contributed by atoms with Crippen molar-refractivity contribution in [2.45, 2.75) is 58.0 Å². The molecular formula is C13H28N2O3S. The standard InChI is InChI=1S/C13H28N2O3S/c1-6-7-14-8-12(3)19(16,17)15-9-11(2)18-13(4,5)10-15/h11-12,14H,6-10H2,1-5H3. The number of ether oxygens (including phenoxy) is 1. The van der Waals surface area contributed by atoms with Crippen molar-refractivity contribution in [3.05, 3.63) is 0 Å².